The number of anilines is 1. The number of hydrogen-bond acceptors (Lipinski definition) is 3. The predicted octanol–water partition coefficient (Wildman–Crippen LogP) is 3.63. The van der Waals surface area contributed by atoms with E-state index < -0.39 is 0 Å². The van der Waals surface area contributed by atoms with Crippen molar-refractivity contribution >= 4 is 5.69 Å². The number of methoxy groups -OCH3 is 1. The summed E-state index contributed by atoms with van der Waals surface area (Å²) < 4.78 is 11.3. The second kappa shape index (κ2) is 5.98. The quantitative estimate of drug-likeness (QED) is 0.829. The monoisotopic (exact) mass is 249 g/mol. The van der Waals surface area contributed by atoms with Crippen molar-refractivity contribution in [3.63, 3.8) is 0 Å². The van der Waals surface area contributed by atoms with Gasteiger partial charge in [0.15, 0.2) is 0 Å². The molecule has 0 heterocycles. The molecule has 1 aliphatic rings. The molecule has 1 fully saturated rings. The van der Waals surface area contributed by atoms with Gasteiger partial charge in [-0.1, -0.05) is 13.3 Å². The molecule has 0 saturated heterocycles. The Bertz CT molecular complexity index is 392. The van der Waals surface area contributed by atoms with Crippen molar-refractivity contribution in [3.8, 4) is 11.5 Å². The van der Waals surface area contributed by atoms with E-state index in [1.165, 1.54) is 25.7 Å². The Morgan fingerprint density at radius 2 is 2.06 bits per heavy atom. The number of benzene rings is 1. The van der Waals surface area contributed by atoms with E-state index in [0.717, 1.165) is 12.2 Å². The summed E-state index contributed by atoms with van der Waals surface area (Å²) in [5.41, 5.74) is 6.46. The lowest BCUT2D eigenvalue weighted by Gasteiger charge is -2.31. The summed E-state index contributed by atoms with van der Waals surface area (Å²) in [5.74, 6) is 2.24. The van der Waals surface area contributed by atoms with Crippen LogP contribution in [-0.2, 0) is 0 Å². The highest BCUT2D eigenvalue weighted by molar-refractivity contribution is 5.55. The first-order chi connectivity index (χ1) is 8.74. The van der Waals surface area contributed by atoms with Crippen LogP contribution < -0.4 is 15.2 Å². The minimum Gasteiger partial charge on any atom is -0.494 e. The molecule has 0 aliphatic heterocycles. The molecule has 1 aromatic rings. The molecule has 100 valence electrons. The van der Waals surface area contributed by atoms with Crippen molar-refractivity contribution in [2.45, 2.75) is 45.1 Å². The number of nitrogen functional groups attached to an aromatic ring is 1. The van der Waals surface area contributed by atoms with Gasteiger partial charge in [0.05, 0.1) is 12.8 Å². The van der Waals surface area contributed by atoms with Gasteiger partial charge < -0.3 is 15.2 Å². The molecule has 0 radical (unpaired) electrons. The Morgan fingerprint density at radius 3 is 2.78 bits per heavy atom. The fourth-order valence-electron chi connectivity index (χ4n) is 2.74. The van der Waals surface area contributed by atoms with E-state index in [1.54, 1.807) is 7.11 Å². The van der Waals surface area contributed by atoms with Crippen LogP contribution >= 0.6 is 0 Å². The fraction of sp³-hybridized carbons (Fsp3) is 0.600. The fourth-order valence-corrected chi connectivity index (χ4v) is 2.74. The lowest BCUT2D eigenvalue weighted by molar-refractivity contribution is 0.0902. The highest BCUT2D eigenvalue weighted by Gasteiger charge is 2.25. The molecule has 2 rings (SSSR count). The van der Waals surface area contributed by atoms with Crippen molar-refractivity contribution < 1.29 is 9.47 Å². The summed E-state index contributed by atoms with van der Waals surface area (Å²) in [4.78, 5) is 0. The molecule has 1 aliphatic carbocycles. The van der Waals surface area contributed by atoms with Gasteiger partial charge in [0.25, 0.3) is 0 Å². The summed E-state index contributed by atoms with van der Waals surface area (Å²) in [5, 5.41) is 0. The second-order valence-electron chi connectivity index (χ2n) is 5.01. The van der Waals surface area contributed by atoms with Crippen LogP contribution in [0.1, 0.15) is 39.0 Å². The third kappa shape index (κ3) is 2.89. The molecule has 0 spiro atoms. The summed E-state index contributed by atoms with van der Waals surface area (Å²) in [6, 6.07) is 5.66. The Morgan fingerprint density at radius 1 is 1.28 bits per heavy atom. The minimum atomic E-state index is 0.345. The molecule has 0 bridgehead atoms. The average molecular weight is 249 g/mol. The molecule has 0 aromatic heterocycles. The molecule has 2 atom stereocenters. The summed E-state index contributed by atoms with van der Waals surface area (Å²) >= 11 is 0. The average Bonchev–Trinajstić information content (AvgIpc) is 2.41. The van der Waals surface area contributed by atoms with Crippen molar-refractivity contribution in [3.05, 3.63) is 18.2 Å². The van der Waals surface area contributed by atoms with Crippen LogP contribution in [0.3, 0.4) is 0 Å². The standard InChI is InChI=1S/C15H23NO2/c1-3-11-6-4-5-7-14(11)18-12-8-9-13(16)15(10-12)17-2/h8-11,14H,3-7,16H2,1-2H3. The van der Waals surface area contributed by atoms with E-state index in [-0.39, 0.29) is 0 Å². The number of ether oxygens (including phenoxy) is 2. The lowest BCUT2D eigenvalue weighted by atomic mass is 9.85. The molecule has 2 N–H and O–H groups in total. The Balaban J connectivity index is 2.07. The van der Waals surface area contributed by atoms with Crippen LogP contribution in [0.5, 0.6) is 11.5 Å². The topological polar surface area (TPSA) is 44.5 Å². The summed E-state index contributed by atoms with van der Waals surface area (Å²) in [7, 11) is 1.63. The molecule has 1 saturated carbocycles. The molecular formula is C15H23NO2. The smallest absolute Gasteiger partial charge is 0.145 e. The van der Waals surface area contributed by atoms with E-state index in [1.807, 2.05) is 18.2 Å². The zero-order valence-corrected chi connectivity index (χ0v) is 11.3. The third-order valence-electron chi connectivity index (χ3n) is 3.86. The Hall–Kier alpha value is -1.38. The summed E-state index contributed by atoms with van der Waals surface area (Å²) in [6.07, 6.45) is 6.59. The lowest BCUT2D eigenvalue weighted by Crippen LogP contribution is -2.29. The van der Waals surface area contributed by atoms with Gasteiger partial charge in [0, 0.05) is 6.07 Å². The SMILES string of the molecule is CCC1CCCCC1Oc1ccc(N)c(OC)c1. The summed E-state index contributed by atoms with van der Waals surface area (Å²) in [6.45, 7) is 2.25. The van der Waals surface area contributed by atoms with Crippen LogP contribution in [-0.4, -0.2) is 13.2 Å². The van der Waals surface area contributed by atoms with Gasteiger partial charge in [-0.2, -0.15) is 0 Å². The zero-order valence-electron chi connectivity index (χ0n) is 11.3. The minimum absolute atomic E-state index is 0.345. The van der Waals surface area contributed by atoms with Crippen molar-refractivity contribution in [2.24, 2.45) is 5.92 Å². The van der Waals surface area contributed by atoms with Crippen LogP contribution in [0.4, 0.5) is 5.69 Å². The normalized spacial score (nSPS) is 23.7. The maximum Gasteiger partial charge on any atom is 0.145 e. The second-order valence-corrected chi connectivity index (χ2v) is 5.01. The first kappa shape index (κ1) is 13.1. The molecule has 3 nitrogen and oxygen atoms in total. The molecule has 18 heavy (non-hydrogen) atoms. The van der Waals surface area contributed by atoms with E-state index in [9.17, 15) is 0 Å². The van der Waals surface area contributed by atoms with E-state index in [0.29, 0.717) is 23.5 Å². The van der Waals surface area contributed by atoms with Gasteiger partial charge in [-0.05, 0) is 43.7 Å². The number of rotatable bonds is 4. The van der Waals surface area contributed by atoms with Crippen LogP contribution in [0.2, 0.25) is 0 Å². The third-order valence-corrected chi connectivity index (χ3v) is 3.86. The Labute approximate surface area is 109 Å². The van der Waals surface area contributed by atoms with Gasteiger partial charge in [-0.25, -0.2) is 0 Å². The van der Waals surface area contributed by atoms with Gasteiger partial charge in [-0.15, -0.1) is 0 Å². The van der Waals surface area contributed by atoms with E-state index >= 15 is 0 Å². The molecule has 0 amide bonds. The van der Waals surface area contributed by atoms with Crippen LogP contribution in [0.15, 0.2) is 18.2 Å². The van der Waals surface area contributed by atoms with Gasteiger partial charge in [0.1, 0.15) is 17.6 Å². The number of nitrogens with two attached hydrogens (primary N) is 1. The first-order valence-electron chi connectivity index (χ1n) is 6.84. The Kier molecular flexibility index (Phi) is 4.34. The maximum absolute atomic E-state index is 6.12. The molecule has 3 heteroatoms. The van der Waals surface area contributed by atoms with Crippen molar-refractivity contribution in [1.29, 1.82) is 0 Å². The van der Waals surface area contributed by atoms with Crippen molar-refractivity contribution in [1.82, 2.24) is 0 Å². The highest BCUT2D eigenvalue weighted by atomic mass is 16.5. The first-order valence-corrected chi connectivity index (χ1v) is 6.84. The van der Waals surface area contributed by atoms with Gasteiger partial charge >= 0.3 is 0 Å². The predicted molar refractivity (Wildman–Crippen MR) is 74.1 cm³/mol. The largest absolute Gasteiger partial charge is 0.494 e. The maximum atomic E-state index is 6.12. The molecule has 1 aromatic carbocycles. The zero-order chi connectivity index (χ0) is 13.0. The molecular weight excluding hydrogens is 226 g/mol. The number of hydrogen-bond donors (Lipinski definition) is 1. The van der Waals surface area contributed by atoms with Crippen LogP contribution in [0.25, 0.3) is 0 Å². The van der Waals surface area contributed by atoms with Gasteiger partial charge in [-0.3, -0.25) is 0 Å². The van der Waals surface area contributed by atoms with Gasteiger partial charge in [0.2, 0.25) is 0 Å². The van der Waals surface area contributed by atoms with E-state index in [4.69, 9.17) is 15.2 Å². The van der Waals surface area contributed by atoms with Crippen LogP contribution in [0, 0.1) is 5.92 Å². The highest BCUT2D eigenvalue weighted by Crippen LogP contribution is 2.33. The molecule has 2 unspecified atom stereocenters. The van der Waals surface area contributed by atoms with E-state index in [2.05, 4.69) is 6.92 Å². The van der Waals surface area contributed by atoms with Crippen molar-refractivity contribution in [2.75, 3.05) is 12.8 Å².